The Kier molecular flexibility index (Phi) is 5.21. The molecule has 24 heavy (non-hydrogen) atoms. The number of carbonyl (C=O) groups excluding carboxylic acids is 2. The number of fused-ring (bicyclic) bond motifs is 1. The van der Waals surface area contributed by atoms with Crippen molar-refractivity contribution in [2.45, 2.75) is 32.4 Å². The van der Waals surface area contributed by atoms with Gasteiger partial charge < -0.3 is 10.1 Å². The largest absolute Gasteiger partial charge is 0.465 e. The van der Waals surface area contributed by atoms with Crippen LogP contribution in [-0.4, -0.2) is 33.8 Å². The molecule has 3 heterocycles. The van der Waals surface area contributed by atoms with Gasteiger partial charge in [0.2, 0.25) is 0 Å². The fraction of sp³-hybridized carbons (Fsp3) is 0.429. The number of carbonyl (C=O) groups is 2. The van der Waals surface area contributed by atoms with E-state index in [9.17, 15) is 9.59 Å². The van der Waals surface area contributed by atoms with Crippen LogP contribution in [0.25, 0.3) is 0 Å². The molecule has 0 radical (unpaired) electrons. The highest BCUT2D eigenvalue weighted by Gasteiger charge is 2.26. The molecule has 1 aliphatic rings. The van der Waals surface area contributed by atoms with Crippen LogP contribution in [0.15, 0.2) is 3.92 Å². The van der Waals surface area contributed by atoms with E-state index in [1.807, 2.05) is 4.68 Å². The van der Waals surface area contributed by atoms with Gasteiger partial charge in [0, 0.05) is 6.54 Å². The number of rotatable bonds is 4. The second kappa shape index (κ2) is 7.20. The van der Waals surface area contributed by atoms with Crippen LogP contribution in [-0.2, 0) is 24.2 Å². The highest BCUT2D eigenvalue weighted by atomic mass is 79.9. The first-order chi connectivity index (χ1) is 11.5. The Morgan fingerprint density at radius 3 is 2.92 bits per heavy atom. The fourth-order valence-electron chi connectivity index (χ4n) is 2.67. The normalized spacial score (nSPS) is 13.5. The Morgan fingerprint density at radius 2 is 2.25 bits per heavy atom. The predicted octanol–water partition coefficient (Wildman–Crippen LogP) is 2.81. The van der Waals surface area contributed by atoms with Crippen molar-refractivity contribution in [1.82, 2.24) is 20.1 Å². The van der Waals surface area contributed by atoms with E-state index in [1.54, 1.807) is 0 Å². The second-order valence-corrected chi connectivity index (χ2v) is 8.09. The Hall–Kier alpha value is -1.45. The summed E-state index contributed by atoms with van der Waals surface area (Å²) in [4.78, 5) is 28.4. The summed E-state index contributed by atoms with van der Waals surface area (Å²) in [7, 11) is 1.34. The average molecular weight is 434 g/mol. The minimum Gasteiger partial charge on any atom is -0.465 e. The van der Waals surface area contributed by atoms with E-state index in [4.69, 9.17) is 16.3 Å². The van der Waals surface area contributed by atoms with Crippen LogP contribution < -0.4 is 5.32 Å². The molecular weight excluding hydrogens is 420 g/mol. The molecule has 0 unspecified atom stereocenters. The van der Waals surface area contributed by atoms with Gasteiger partial charge in [-0.05, 0) is 35.2 Å². The van der Waals surface area contributed by atoms with Crippen LogP contribution in [0.3, 0.4) is 0 Å². The minimum atomic E-state index is -0.433. The number of hydrogen-bond acceptors (Lipinski definition) is 6. The molecule has 0 saturated carbocycles. The molecule has 1 amide bonds. The number of nitrogens with zero attached hydrogens (tertiary/aromatic N) is 3. The zero-order valence-electron chi connectivity index (χ0n) is 12.8. The molecule has 2 aromatic rings. The lowest BCUT2D eigenvalue weighted by Crippen LogP contribution is -2.24. The fourth-order valence-corrected chi connectivity index (χ4v) is 4.48. The summed E-state index contributed by atoms with van der Waals surface area (Å²) in [5.41, 5.74) is 1.96. The molecule has 0 atom stereocenters. The number of methoxy groups -OCH3 is 1. The first kappa shape index (κ1) is 17.4. The first-order valence-electron chi connectivity index (χ1n) is 7.28. The smallest absolute Gasteiger partial charge is 0.341 e. The molecule has 2 aromatic heterocycles. The van der Waals surface area contributed by atoms with Gasteiger partial charge in [0.15, 0.2) is 9.61 Å². The van der Waals surface area contributed by atoms with Crippen LogP contribution >= 0.6 is 38.9 Å². The molecule has 10 heteroatoms. The van der Waals surface area contributed by atoms with Gasteiger partial charge >= 0.3 is 5.97 Å². The van der Waals surface area contributed by atoms with Gasteiger partial charge in [-0.1, -0.05) is 22.9 Å². The van der Waals surface area contributed by atoms with E-state index in [0.717, 1.165) is 31.5 Å². The number of amides is 1. The summed E-state index contributed by atoms with van der Waals surface area (Å²) in [5.74, 6) is -0.847. The number of aryl methyl sites for hydroxylation is 1. The average Bonchev–Trinajstić information content (AvgIpc) is 3.11. The van der Waals surface area contributed by atoms with Crippen molar-refractivity contribution in [3.8, 4) is 0 Å². The van der Waals surface area contributed by atoms with Gasteiger partial charge in [0.05, 0.1) is 25.0 Å². The molecule has 0 saturated heterocycles. The predicted molar refractivity (Wildman–Crippen MR) is 92.5 cm³/mol. The van der Waals surface area contributed by atoms with E-state index < -0.39 is 11.9 Å². The molecule has 1 aliphatic heterocycles. The molecule has 128 valence electrons. The molecule has 0 bridgehead atoms. The Balaban J connectivity index is 1.82. The summed E-state index contributed by atoms with van der Waals surface area (Å²) in [6.45, 7) is 0.868. The van der Waals surface area contributed by atoms with Crippen molar-refractivity contribution >= 4 is 50.7 Å². The van der Waals surface area contributed by atoms with E-state index in [2.05, 4.69) is 31.3 Å². The lowest BCUT2D eigenvalue weighted by atomic mass is 10.0. The molecule has 0 spiro atoms. The van der Waals surface area contributed by atoms with Gasteiger partial charge in [-0.2, -0.15) is 5.10 Å². The first-order valence-corrected chi connectivity index (χ1v) is 9.27. The molecular formula is C14H14BrClN4O3S. The van der Waals surface area contributed by atoms with Gasteiger partial charge in [-0.15, -0.1) is 0 Å². The summed E-state index contributed by atoms with van der Waals surface area (Å²) in [6.07, 6.45) is 2.80. The third-order valence-corrected chi connectivity index (χ3v) is 5.45. The van der Waals surface area contributed by atoms with Crippen molar-refractivity contribution in [2.24, 2.45) is 0 Å². The number of aromatic nitrogens is 3. The molecule has 0 aromatic carbocycles. The molecule has 1 N–H and O–H groups in total. The monoisotopic (exact) mass is 432 g/mol. The van der Waals surface area contributed by atoms with Crippen molar-refractivity contribution in [3.63, 3.8) is 0 Å². The van der Waals surface area contributed by atoms with E-state index >= 15 is 0 Å². The minimum absolute atomic E-state index is 0.106. The van der Waals surface area contributed by atoms with Crippen LogP contribution in [0.2, 0.25) is 4.34 Å². The van der Waals surface area contributed by atoms with Crippen LogP contribution in [0.1, 0.15) is 45.1 Å². The quantitative estimate of drug-likeness (QED) is 0.749. The topological polar surface area (TPSA) is 86.1 Å². The number of thiazole rings is 1. The van der Waals surface area contributed by atoms with Crippen LogP contribution in [0.5, 0.6) is 0 Å². The van der Waals surface area contributed by atoms with Gasteiger partial charge in [0.1, 0.15) is 9.90 Å². The Labute approximate surface area is 155 Å². The third kappa shape index (κ3) is 3.33. The SMILES string of the molecule is COC(=O)c1c(CNC(=O)c2nc(Br)sc2Cl)nn2c1CCCC2. The van der Waals surface area contributed by atoms with Crippen molar-refractivity contribution in [3.05, 3.63) is 30.9 Å². The maximum absolute atomic E-state index is 12.2. The molecule has 7 nitrogen and oxygen atoms in total. The number of nitrogens with one attached hydrogen (secondary N) is 1. The van der Waals surface area contributed by atoms with Gasteiger partial charge in [-0.25, -0.2) is 9.78 Å². The molecule has 3 rings (SSSR count). The van der Waals surface area contributed by atoms with Crippen molar-refractivity contribution in [2.75, 3.05) is 7.11 Å². The van der Waals surface area contributed by atoms with Gasteiger partial charge in [0.25, 0.3) is 5.91 Å². The summed E-state index contributed by atoms with van der Waals surface area (Å²) >= 11 is 10.3. The highest BCUT2D eigenvalue weighted by molar-refractivity contribution is 9.11. The maximum atomic E-state index is 12.2. The van der Waals surface area contributed by atoms with Crippen molar-refractivity contribution < 1.29 is 14.3 Å². The number of esters is 1. The Bertz CT molecular complexity index is 804. The maximum Gasteiger partial charge on any atom is 0.341 e. The Morgan fingerprint density at radius 1 is 1.46 bits per heavy atom. The number of halogens is 2. The zero-order valence-corrected chi connectivity index (χ0v) is 15.9. The number of hydrogen-bond donors (Lipinski definition) is 1. The number of ether oxygens (including phenoxy) is 1. The highest BCUT2D eigenvalue weighted by Crippen LogP contribution is 2.28. The molecule has 0 aliphatic carbocycles. The van der Waals surface area contributed by atoms with Crippen LogP contribution in [0.4, 0.5) is 0 Å². The second-order valence-electron chi connectivity index (χ2n) is 5.21. The molecule has 0 fully saturated rings. The summed E-state index contributed by atoms with van der Waals surface area (Å²) in [5, 5.41) is 7.17. The zero-order chi connectivity index (χ0) is 17.3. The van der Waals surface area contributed by atoms with E-state index in [1.165, 1.54) is 18.4 Å². The van der Waals surface area contributed by atoms with Crippen molar-refractivity contribution in [1.29, 1.82) is 0 Å². The summed E-state index contributed by atoms with van der Waals surface area (Å²) in [6, 6.07) is 0. The van der Waals surface area contributed by atoms with Crippen LogP contribution in [0, 0.1) is 0 Å². The standard InChI is InChI=1S/C14H14BrClN4O3S/c1-23-13(22)9-7(19-20-5-3-2-4-8(9)20)6-17-12(21)10-11(16)24-14(15)18-10/h2-6H2,1H3,(H,17,21). The lowest BCUT2D eigenvalue weighted by molar-refractivity contribution is 0.0597. The summed E-state index contributed by atoms with van der Waals surface area (Å²) < 4.78 is 7.53. The van der Waals surface area contributed by atoms with E-state index in [0.29, 0.717) is 19.5 Å². The van der Waals surface area contributed by atoms with Gasteiger partial charge in [-0.3, -0.25) is 9.48 Å². The lowest BCUT2D eigenvalue weighted by Gasteiger charge is -2.13. The third-order valence-electron chi connectivity index (χ3n) is 3.74. The van der Waals surface area contributed by atoms with E-state index in [-0.39, 0.29) is 12.2 Å².